The summed E-state index contributed by atoms with van der Waals surface area (Å²) in [6.07, 6.45) is 0. The van der Waals surface area contributed by atoms with Crippen LogP contribution in [0, 0.1) is 5.92 Å². The van der Waals surface area contributed by atoms with E-state index in [4.69, 9.17) is 34.8 Å². The Morgan fingerprint density at radius 3 is 1.89 bits per heavy atom. The summed E-state index contributed by atoms with van der Waals surface area (Å²) in [6, 6.07) is 12.2. The zero-order valence-electron chi connectivity index (χ0n) is 15.0. The van der Waals surface area contributed by atoms with E-state index in [0.29, 0.717) is 10.6 Å². The highest BCUT2D eigenvalue weighted by Crippen LogP contribution is 2.41. The lowest BCUT2D eigenvalue weighted by Gasteiger charge is -2.34. The van der Waals surface area contributed by atoms with Crippen LogP contribution < -0.4 is 4.72 Å². The minimum Gasteiger partial charge on any atom is -0.299 e. The molecular weight excluding hydrogens is 445 g/mol. The van der Waals surface area contributed by atoms with Gasteiger partial charge in [-0.1, -0.05) is 65.1 Å². The Morgan fingerprint density at radius 1 is 0.929 bits per heavy atom. The zero-order valence-corrected chi connectivity index (χ0v) is 18.1. The van der Waals surface area contributed by atoms with Crippen molar-refractivity contribution >= 4 is 56.4 Å². The van der Waals surface area contributed by atoms with E-state index in [9.17, 15) is 18.0 Å². The third-order valence-corrected chi connectivity index (χ3v) is 6.78. The predicted octanol–water partition coefficient (Wildman–Crippen LogP) is 4.11. The normalized spacial score (nSPS) is 13.4. The van der Waals surface area contributed by atoms with Crippen molar-refractivity contribution in [1.82, 2.24) is 4.72 Å². The summed E-state index contributed by atoms with van der Waals surface area (Å²) in [7, 11) is -4.16. The number of halogens is 3. The monoisotopic (exact) mass is 461 g/mol. The van der Waals surface area contributed by atoms with Crippen LogP contribution in [-0.2, 0) is 23.9 Å². The molecule has 5 nitrogen and oxygen atoms in total. The molecule has 0 amide bonds. The minimum atomic E-state index is -4.16. The molecule has 0 aliphatic rings. The summed E-state index contributed by atoms with van der Waals surface area (Å²) in [5, 5.41) is 0.356. The molecule has 28 heavy (non-hydrogen) atoms. The fourth-order valence-electron chi connectivity index (χ4n) is 2.80. The van der Waals surface area contributed by atoms with Crippen LogP contribution in [0.25, 0.3) is 0 Å². The molecule has 1 atom stereocenters. The fraction of sp³-hybridized carbons (Fsp3) is 0.263. The molecule has 0 aliphatic heterocycles. The lowest BCUT2D eigenvalue weighted by molar-refractivity contribution is -0.131. The average Bonchev–Trinajstić information content (AvgIpc) is 2.61. The van der Waals surface area contributed by atoms with Crippen LogP contribution in [0.2, 0.25) is 5.02 Å². The van der Waals surface area contributed by atoms with Gasteiger partial charge in [-0.2, -0.15) is 0 Å². The van der Waals surface area contributed by atoms with Crippen molar-refractivity contribution in [3.05, 3.63) is 65.2 Å². The van der Waals surface area contributed by atoms with Crippen LogP contribution in [0.5, 0.6) is 0 Å². The van der Waals surface area contributed by atoms with Gasteiger partial charge < -0.3 is 0 Å². The number of rotatable bonds is 8. The second kappa shape index (κ2) is 8.93. The summed E-state index contributed by atoms with van der Waals surface area (Å²) >= 11 is 18.9. The predicted molar refractivity (Wildman–Crippen MR) is 110 cm³/mol. The minimum absolute atomic E-state index is 0.107. The quantitative estimate of drug-likeness (QED) is 0.473. The summed E-state index contributed by atoms with van der Waals surface area (Å²) in [5.74, 6) is -2.49. The van der Waals surface area contributed by atoms with Gasteiger partial charge in [0.2, 0.25) is 10.0 Å². The van der Waals surface area contributed by atoms with Gasteiger partial charge in [-0.15, -0.1) is 0 Å². The van der Waals surface area contributed by atoms with E-state index in [1.807, 2.05) is 0 Å². The second-order valence-corrected chi connectivity index (χ2v) is 9.78. The van der Waals surface area contributed by atoms with E-state index in [1.54, 1.807) is 30.3 Å². The van der Waals surface area contributed by atoms with Crippen molar-refractivity contribution in [3.8, 4) is 0 Å². The van der Waals surface area contributed by atoms with Crippen molar-refractivity contribution in [2.75, 3.05) is 0 Å². The fourth-order valence-corrected chi connectivity index (χ4v) is 4.94. The third kappa shape index (κ3) is 5.13. The molecule has 0 radical (unpaired) electrons. The number of alkyl halides is 2. The summed E-state index contributed by atoms with van der Waals surface area (Å²) in [5.41, 5.74) is 0.342. The summed E-state index contributed by atoms with van der Waals surface area (Å²) < 4.78 is 26.2. The molecule has 0 fully saturated rings. The van der Waals surface area contributed by atoms with Gasteiger partial charge in [0.15, 0.2) is 4.33 Å². The van der Waals surface area contributed by atoms with Gasteiger partial charge >= 0.3 is 0 Å². The van der Waals surface area contributed by atoms with E-state index < -0.39 is 37.9 Å². The average molecular weight is 463 g/mol. The molecule has 2 aromatic rings. The first-order chi connectivity index (χ1) is 13.0. The molecule has 0 saturated heterocycles. The molecule has 0 spiro atoms. The molecule has 0 heterocycles. The molecule has 0 bridgehead atoms. The topological polar surface area (TPSA) is 80.3 Å². The van der Waals surface area contributed by atoms with Crippen molar-refractivity contribution < 1.29 is 18.0 Å². The summed E-state index contributed by atoms with van der Waals surface area (Å²) in [4.78, 5) is 24.3. The molecular formula is C19H18Cl3NO4S. The van der Waals surface area contributed by atoms with Gasteiger partial charge in [0.05, 0.1) is 16.9 Å². The number of carbonyl (C=O) groups is 2. The highest BCUT2D eigenvalue weighted by Gasteiger charge is 2.47. The highest BCUT2D eigenvalue weighted by molar-refractivity contribution is 7.89. The van der Waals surface area contributed by atoms with Gasteiger partial charge in [0.1, 0.15) is 11.6 Å². The van der Waals surface area contributed by atoms with Crippen LogP contribution in [0.3, 0.4) is 0 Å². The number of benzene rings is 2. The van der Waals surface area contributed by atoms with Gasteiger partial charge in [0, 0.05) is 5.02 Å². The summed E-state index contributed by atoms with van der Waals surface area (Å²) in [6.45, 7) is 2.37. The van der Waals surface area contributed by atoms with Crippen molar-refractivity contribution in [1.29, 1.82) is 0 Å². The Morgan fingerprint density at radius 2 is 1.43 bits per heavy atom. The van der Waals surface area contributed by atoms with Crippen LogP contribution in [0.1, 0.15) is 19.4 Å². The standard InChI is InChI=1S/C19H18Cl3NO4S/c1-12(24)17(13(2)25)18(19(21,22)14-6-4-3-5-7-14)23-28(26,27)16-10-8-15(20)9-11-16/h3-11,17-18,23H,1-2H3. The molecule has 150 valence electrons. The molecule has 2 aromatic carbocycles. The van der Waals surface area contributed by atoms with Crippen LogP contribution in [0.4, 0.5) is 0 Å². The van der Waals surface area contributed by atoms with Gasteiger partial charge in [-0.3, -0.25) is 9.59 Å². The molecule has 9 heteroatoms. The van der Waals surface area contributed by atoms with Crippen LogP contribution in [-0.4, -0.2) is 26.0 Å². The number of hydrogen-bond donors (Lipinski definition) is 1. The van der Waals surface area contributed by atoms with Crippen LogP contribution >= 0.6 is 34.8 Å². The van der Waals surface area contributed by atoms with Crippen molar-refractivity contribution in [3.63, 3.8) is 0 Å². The first-order valence-electron chi connectivity index (χ1n) is 8.19. The maximum atomic E-state index is 12.9. The number of nitrogens with one attached hydrogen (secondary N) is 1. The SMILES string of the molecule is CC(=O)C(C(C)=O)C(NS(=O)(=O)c1ccc(Cl)cc1)C(Cl)(Cl)c1ccccc1. The lowest BCUT2D eigenvalue weighted by Crippen LogP contribution is -2.53. The molecule has 0 aliphatic carbocycles. The lowest BCUT2D eigenvalue weighted by atomic mass is 9.87. The Kier molecular flexibility index (Phi) is 7.28. The van der Waals surface area contributed by atoms with Gasteiger partial charge in [-0.25, -0.2) is 13.1 Å². The van der Waals surface area contributed by atoms with Gasteiger partial charge in [0.25, 0.3) is 0 Å². The van der Waals surface area contributed by atoms with Crippen molar-refractivity contribution in [2.45, 2.75) is 29.1 Å². The molecule has 0 aromatic heterocycles. The number of ketones is 2. The van der Waals surface area contributed by atoms with E-state index in [0.717, 1.165) is 0 Å². The number of carbonyl (C=O) groups excluding carboxylic acids is 2. The van der Waals surface area contributed by atoms with E-state index in [1.165, 1.54) is 38.1 Å². The molecule has 1 unspecified atom stereocenters. The largest absolute Gasteiger partial charge is 0.299 e. The Bertz CT molecular complexity index is 946. The Labute approximate surface area is 179 Å². The van der Waals surface area contributed by atoms with E-state index >= 15 is 0 Å². The number of hydrogen-bond acceptors (Lipinski definition) is 4. The third-order valence-electron chi connectivity index (χ3n) is 4.16. The first kappa shape index (κ1) is 22.8. The van der Waals surface area contributed by atoms with E-state index in [-0.39, 0.29) is 4.90 Å². The molecule has 2 rings (SSSR count). The highest BCUT2D eigenvalue weighted by atomic mass is 35.5. The maximum absolute atomic E-state index is 12.9. The molecule has 1 N–H and O–H groups in total. The molecule has 0 saturated carbocycles. The van der Waals surface area contributed by atoms with Crippen molar-refractivity contribution in [2.24, 2.45) is 5.92 Å². The first-order valence-corrected chi connectivity index (χ1v) is 10.8. The Balaban J connectivity index is 2.57. The van der Waals surface area contributed by atoms with Gasteiger partial charge in [-0.05, 0) is 43.7 Å². The van der Waals surface area contributed by atoms with E-state index in [2.05, 4.69) is 4.72 Å². The number of Topliss-reactive ketones (excluding diaryl/α,β-unsaturated/α-hetero) is 2. The Hall–Kier alpha value is -1.44. The second-order valence-electron chi connectivity index (χ2n) is 6.24. The number of sulfonamides is 1. The maximum Gasteiger partial charge on any atom is 0.240 e. The zero-order chi connectivity index (χ0) is 21.1. The smallest absolute Gasteiger partial charge is 0.240 e. The van der Waals surface area contributed by atoms with Crippen LogP contribution in [0.15, 0.2) is 59.5 Å².